The number of hydrogen-bond donors (Lipinski definition) is 1. The van der Waals surface area contributed by atoms with Crippen molar-refractivity contribution in [3.05, 3.63) is 35.4 Å². The summed E-state index contributed by atoms with van der Waals surface area (Å²) in [5, 5.41) is 9.01. The molecule has 0 heterocycles. The van der Waals surface area contributed by atoms with Crippen LogP contribution in [-0.4, -0.2) is 48.3 Å². The van der Waals surface area contributed by atoms with Crippen LogP contribution in [0.4, 0.5) is 0 Å². The highest BCUT2D eigenvalue weighted by Gasteiger charge is 2.17. The van der Waals surface area contributed by atoms with Crippen molar-refractivity contribution in [1.82, 2.24) is 5.06 Å². The third kappa shape index (κ3) is 5.72. The van der Waals surface area contributed by atoms with E-state index in [-0.39, 0.29) is 32.7 Å². The highest BCUT2D eigenvalue weighted by atomic mass is 16.7. The molecule has 0 fully saturated rings. The molecule has 7 nitrogen and oxygen atoms in total. The number of hydrogen-bond acceptors (Lipinski definition) is 5. The van der Waals surface area contributed by atoms with Gasteiger partial charge in [-0.15, -0.1) is 0 Å². The molecule has 1 aromatic rings. The van der Waals surface area contributed by atoms with Crippen LogP contribution in [0.1, 0.15) is 22.3 Å². The Labute approximate surface area is 122 Å². The van der Waals surface area contributed by atoms with Crippen molar-refractivity contribution >= 4 is 18.3 Å². The quantitative estimate of drug-likeness (QED) is 0.415. The molecule has 0 radical (unpaired) electrons. The lowest BCUT2D eigenvalue weighted by atomic mass is 10.1. The maximum atomic E-state index is 12.1. The van der Waals surface area contributed by atoms with E-state index < -0.39 is 11.9 Å². The van der Waals surface area contributed by atoms with Gasteiger partial charge in [0.15, 0.2) is 0 Å². The minimum atomic E-state index is -0.958. The monoisotopic (exact) mass is 295 g/mol. The Balaban J connectivity index is 2.41. The fourth-order valence-corrected chi connectivity index (χ4v) is 1.52. The molecule has 0 aliphatic heterocycles. The molecular weight excluding hydrogens is 278 g/mol. The lowest BCUT2D eigenvalue weighted by Gasteiger charge is -2.16. The van der Waals surface area contributed by atoms with Gasteiger partial charge in [0.05, 0.1) is 26.2 Å². The van der Waals surface area contributed by atoms with E-state index in [1.54, 1.807) is 31.2 Å². The highest BCUT2D eigenvalue weighted by Crippen LogP contribution is 2.10. The first kappa shape index (κ1) is 16.8. The van der Waals surface area contributed by atoms with Crippen molar-refractivity contribution in [3.63, 3.8) is 0 Å². The van der Waals surface area contributed by atoms with Crippen molar-refractivity contribution < 1.29 is 29.1 Å². The largest absolute Gasteiger partial charge is 0.481 e. The van der Waals surface area contributed by atoms with Gasteiger partial charge in [-0.2, -0.15) is 5.06 Å². The number of hydroxylamine groups is 2. The van der Waals surface area contributed by atoms with Gasteiger partial charge in [0.2, 0.25) is 6.41 Å². The van der Waals surface area contributed by atoms with Crippen LogP contribution in [0.2, 0.25) is 0 Å². The van der Waals surface area contributed by atoms with E-state index in [0.717, 1.165) is 5.56 Å². The maximum Gasteiger partial charge on any atom is 0.305 e. The highest BCUT2D eigenvalue weighted by molar-refractivity contribution is 5.99. The third-order valence-electron chi connectivity index (χ3n) is 2.59. The van der Waals surface area contributed by atoms with E-state index in [9.17, 15) is 14.4 Å². The zero-order valence-electron chi connectivity index (χ0n) is 11.7. The number of ether oxygens (including phenoxy) is 1. The molecule has 2 amide bonds. The van der Waals surface area contributed by atoms with E-state index in [1.165, 1.54) is 0 Å². The predicted octanol–water partition coefficient (Wildman–Crippen LogP) is 1.02. The van der Waals surface area contributed by atoms with Crippen LogP contribution in [0.3, 0.4) is 0 Å². The topological polar surface area (TPSA) is 93.1 Å². The smallest absolute Gasteiger partial charge is 0.305 e. The molecule has 0 aliphatic rings. The first-order valence-electron chi connectivity index (χ1n) is 6.33. The SMILES string of the molecule is Cc1ccccc1C(=O)N(C=O)OCCOCCC(=O)O. The van der Waals surface area contributed by atoms with E-state index in [2.05, 4.69) is 0 Å². The standard InChI is InChI=1S/C14H17NO6/c1-11-4-2-3-5-12(11)14(19)15(10-16)21-9-8-20-7-6-13(17)18/h2-5,10H,6-9H2,1H3,(H,17,18). The third-order valence-corrected chi connectivity index (χ3v) is 2.59. The van der Waals surface area contributed by atoms with E-state index in [4.69, 9.17) is 14.7 Å². The first-order valence-corrected chi connectivity index (χ1v) is 6.33. The normalized spacial score (nSPS) is 10.1. The van der Waals surface area contributed by atoms with Crippen LogP contribution in [0, 0.1) is 6.92 Å². The van der Waals surface area contributed by atoms with Crippen LogP contribution < -0.4 is 0 Å². The Morgan fingerprint density at radius 2 is 1.95 bits per heavy atom. The van der Waals surface area contributed by atoms with Gasteiger partial charge in [0.1, 0.15) is 0 Å². The second-order valence-corrected chi connectivity index (χ2v) is 4.14. The zero-order chi connectivity index (χ0) is 15.7. The number of nitrogens with zero attached hydrogens (tertiary/aromatic N) is 1. The number of carbonyl (C=O) groups is 3. The van der Waals surface area contributed by atoms with Crippen molar-refractivity contribution in [2.45, 2.75) is 13.3 Å². The summed E-state index contributed by atoms with van der Waals surface area (Å²) in [7, 11) is 0. The molecule has 1 rings (SSSR count). The average molecular weight is 295 g/mol. The van der Waals surface area contributed by atoms with Crippen molar-refractivity contribution in [2.24, 2.45) is 0 Å². The number of benzene rings is 1. The summed E-state index contributed by atoms with van der Waals surface area (Å²) in [4.78, 5) is 38.2. The summed E-state index contributed by atoms with van der Waals surface area (Å²) >= 11 is 0. The number of carbonyl (C=O) groups excluding carboxylic acids is 2. The first-order chi connectivity index (χ1) is 10.1. The summed E-state index contributed by atoms with van der Waals surface area (Å²) in [6.45, 7) is 1.85. The second-order valence-electron chi connectivity index (χ2n) is 4.14. The minimum absolute atomic E-state index is 0.0318. The number of aliphatic carboxylic acids is 1. The van der Waals surface area contributed by atoms with E-state index in [0.29, 0.717) is 10.6 Å². The van der Waals surface area contributed by atoms with Crippen LogP contribution >= 0.6 is 0 Å². The Bertz CT molecular complexity index is 502. The fourth-order valence-electron chi connectivity index (χ4n) is 1.52. The molecule has 0 aliphatic carbocycles. The number of aryl methyl sites for hydroxylation is 1. The lowest BCUT2D eigenvalue weighted by molar-refractivity contribution is -0.159. The molecule has 0 saturated carbocycles. The minimum Gasteiger partial charge on any atom is -0.481 e. The van der Waals surface area contributed by atoms with Gasteiger partial charge in [0.25, 0.3) is 5.91 Å². The van der Waals surface area contributed by atoms with Gasteiger partial charge in [-0.1, -0.05) is 18.2 Å². The van der Waals surface area contributed by atoms with Gasteiger partial charge >= 0.3 is 5.97 Å². The Morgan fingerprint density at radius 1 is 1.24 bits per heavy atom. The predicted molar refractivity (Wildman–Crippen MR) is 72.4 cm³/mol. The summed E-state index contributed by atoms with van der Waals surface area (Å²) in [6, 6.07) is 6.83. The molecule has 0 aromatic heterocycles. The molecule has 0 saturated heterocycles. The summed E-state index contributed by atoms with van der Waals surface area (Å²) in [6.07, 6.45) is 0.172. The lowest BCUT2D eigenvalue weighted by Crippen LogP contribution is -2.31. The molecule has 0 atom stereocenters. The number of rotatable bonds is 9. The molecule has 21 heavy (non-hydrogen) atoms. The van der Waals surface area contributed by atoms with Gasteiger partial charge < -0.3 is 9.84 Å². The Hall–Kier alpha value is -2.25. The van der Waals surface area contributed by atoms with Crippen LogP contribution in [0.25, 0.3) is 0 Å². The molecule has 1 N–H and O–H groups in total. The molecule has 0 spiro atoms. The summed E-state index contributed by atoms with van der Waals surface area (Å²) < 4.78 is 4.99. The molecular formula is C14H17NO6. The number of carboxylic acid groups (broad SMARTS) is 1. The molecule has 1 aromatic carbocycles. The molecule has 7 heteroatoms. The van der Waals surface area contributed by atoms with Crippen LogP contribution in [0.5, 0.6) is 0 Å². The maximum absolute atomic E-state index is 12.1. The number of amides is 2. The van der Waals surface area contributed by atoms with Gasteiger partial charge in [0, 0.05) is 5.56 Å². The zero-order valence-corrected chi connectivity index (χ0v) is 11.7. The van der Waals surface area contributed by atoms with Crippen molar-refractivity contribution in [1.29, 1.82) is 0 Å². The molecule has 114 valence electrons. The number of carboxylic acids is 1. The van der Waals surface area contributed by atoms with Crippen molar-refractivity contribution in [3.8, 4) is 0 Å². The van der Waals surface area contributed by atoms with Gasteiger partial charge in [-0.05, 0) is 18.6 Å². The van der Waals surface area contributed by atoms with Gasteiger partial charge in [-0.3, -0.25) is 19.2 Å². The molecule has 0 bridgehead atoms. The van der Waals surface area contributed by atoms with E-state index in [1.807, 2.05) is 0 Å². The van der Waals surface area contributed by atoms with Crippen molar-refractivity contribution in [2.75, 3.05) is 19.8 Å². The van der Waals surface area contributed by atoms with Crippen LogP contribution in [-0.2, 0) is 19.2 Å². The summed E-state index contributed by atoms with van der Waals surface area (Å²) in [5.74, 6) is -1.52. The Morgan fingerprint density at radius 3 is 2.57 bits per heavy atom. The number of imide groups is 1. The average Bonchev–Trinajstić information content (AvgIpc) is 2.46. The fraction of sp³-hybridized carbons (Fsp3) is 0.357. The van der Waals surface area contributed by atoms with Gasteiger partial charge in [-0.25, -0.2) is 0 Å². The molecule has 0 unspecified atom stereocenters. The second kappa shape index (κ2) is 8.83. The summed E-state index contributed by atoms with van der Waals surface area (Å²) in [5.41, 5.74) is 1.10. The Kier molecular flexibility index (Phi) is 7.06. The van der Waals surface area contributed by atoms with Crippen LogP contribution in [0.15, 0.2) is 24.3 Å². The van der Waals surface area contributed by atoms with E-state index >= 15 is 0 Å².